The average Bonchev–Trinajstić information content (AvgIpc) is 2.42. The molecule has 0 fully saturated rings. The fourth-order valence-electron chi connectivity index (χ4n) is 1.31. The number of nitrogens with zero attached hydrogens (tertiary/aromatic N) is 1. The number of aromatic amines is 1. The highest BCUT2D eigenvalue weighted by Gasteiger charge is 2.03. The molecule has 0 aliphatic rings. The van der Waals surface area contributed by atoms with Crippen LogP contribution in [0.2, 0.25) is 0 Å². The van der Waals surface area contributed by atoms with Gasteiger partial charge in [-0.05, 0) is 46.2 Å². The Morgan fingerprint density at radius 1 is 1.38 bits per heavy atom. The Labute approximate surface area is 90.9 Å². The van der Waals surface area contributed by atoms with E-state index in [9.17, 15) is 0 Å². The van der Waals surface area contributed by atoms with Crippen molar-refractivity contribution < 1.29 is 0 Å². The van der Waals surface area contributed by atoms with Crippen LogP contribution in [0.15, 0.2) is 18.3 Å². The SMILES string of the molecule is CC(C)c1cnc2cc(I)[nH]c2c1. The molecule has 0 saturated heterocycles. The zero-order valence-electron chi connectivity index (χ0n) is 7.63. The molecule has 2 rings (SSSR count). The van der Waals surface area contributed by atoms with Crippen molar-refractivity contribution in [2.24, 2.45) is 0 Å². The van der Waals surface area contributed by atoms with Crippen LogP contribution < -0.4 is 0 Å². The molecule has 0 unspecified atom stereocenters. The molecule has 68 valence electrons. The van der Waals surface area contributed by atoms with Crippen molar-refractivity contribution >= 4 is 33.6 Å². The molecule has 2 aromatic rings. The van der Waals surface area contributed by atoms with Gasteiger partial charge in [0.25, 0.3) is 0 Å². The molecule has 0 aliphatic heterocycles. The molecule has 2 aromatic heterocycles. The van der Waals surface area contributed by atoms with E-state index in [4.69, 9.17) is 0 Å². The van der Waals surface area contributed by atoms with E-state index >= 15 is 0 Å². The second kappa shape index (κ2) is 3.29. The largest absolute Gasteiger partial charge is 0.349 e. The van der Waals surface area contributed by atoms with Crippen molar-refractivity contribution in [3.05, 3.63) is 27.6 Å². The molecule has 0 saturated carbocycles. The molecule has 0 atom stereocenters. The lowest BCUT2D eigenvalue weighted by Crippen LogP contribution is -1.88. The molecule has 1 N–H and O–H groups in total. The number of aromatic nitrogens is 2. The monoisotopic (exact) mass is 286 g/mol. The summed E-state index contributed by atoms with van der Waals surface area (Å²) in [6, 6.07) is 4.23. The summed E-state index contributed by atoms with van der Waals surface area (Å²) in [7, 11) is 0. The van der Waals surface area contributed by atoms with E-state index in [1.807, 2.05) is 6.20 Å². The fourth-order valence-corrected chi connectivity index (χ4v) is 1.89. The van der Waals surface area contributed by atoms with E-state index in [1.54, 1.807) is 0 Å². The molecule has 0 aliphatic carbocycles. The van der Waals surface area contributed by atoms with E-state index in [1.165, 1.54) is 5.56 Å². The van der Waals surface area contributed by atoms with Crippen LogP contribution in [0.25, 0.3) is 11.0 Å². The van der Waals surface area contributed by atoms with Gasteiger partial charge >= 0.3 is 0 Å². The first-order chi connectivity index (χ1) is 6.16. The summed E-state index contributed by atoms with van der Waals surface area (Å²) >= 11 is 2.27. The van der Waals surface area contributed by atoms with Gasteiger partial charge in [0.15, 0.2) is 0 Å². The number of hydrogen-bond acceptors (Lipinski definition) is 1. The van der Waals surface area contributed by atoms with Crippen LogP contribution in [-0.2, 0) is 0 Å². The Morgan fingerprint density at radius 3 is 2.85 bits per heavy atom. The summed E-state index contributed by atoms with van der Waals surface area (Å²) in [6.45, 7) is 4.35. The van der Waals surface area contributed by atoms with Gasteiger partial charge in [0.2, 0.25) is 0 Å². The summed E-state index contributed by atoms with van der Waals surface area (Å²) in [5.41, 5.74) is 3.47. The zero-order valence-corrected chi connectivity index (χ0v) is 9.79. The van der Waals surface area contributed by atoms with Crippen molar-refractivity contribution in [2.75, 3.05) is 0 Å². The highest BCUT2D eigenvalue weighted by Crippen LogP contribution is 2.19. The first kappa shape index (κ1) is 8.99. The summed E-state index contributed by atoms with van der Waals surface area (Å²) < 4.78 is 1.14. The van der Waals surface area contributed by atoms with Crippen molar-refractivity contribution in [1.29, 1.82) is 0 Å². The van der Waals surface area contributed by atoms with Crippen LogP contribution in [0, 0.1) is 3.70 Å². The van der Waals surface area contributed by atoms with Crippen molar-refractivity contribution in [3.8, 4) is 0 Å². The van der Waals surface area contributed by atoms with Gasteiger partial charge in [-0.2, -0.15) is 0 Å². The Kier molecular flexibility index (Phi) is 2.27. The average molecular weight is 286 g/mol. The molecular weight excluding hydrogens is 275 g/mol. The second-order valence-electron chi connectivity index (χ2n) is 3.47. The van der Waals surface area contributed by atoms with Gasteiger partial charge in [-0.1, -0.05) is 13.8 Å². The maximum absolute atomic E-state index is 4.39. The number of hydrogen-bond donors (Lipinski definition) is 1. The molecule has 0 radical (unpaired) electrons. The van der Waals surface area contributed by atoms with Gasteiger partial charge in [-0.25, -0.2) is 0 Å². The number of rotatable bonds is 1. The van der Waals surface area contributed by atoms with E-state index in [0.717, 1.165) is 14.7 Å². The molecule has 13 heavy (non-hydrogen) atoms. The van der Waals surface area contributed by atoms with Crippen molar-refractivity contribution in [3.63, 3.8) is 0 Å². The maximum atomic E-state index is 4.39. The van der Waals surface area contributed by atoms with Gasteiger partial charge in [-0.15, -0.1) is 0 Å². The van der Waals surface area contributed by atoms with Gasteiger partial charge in [0, 0.05) is 6.20 Å². The first-order valence-electron chi connectivity index (χ1n) is 4.31. The standard InChI is InChI=1S/C10H11IN2/c1-6(2)7-3-9-8(12-5-7)4-10(11)13-9/h3-6,13H,1-2H3. The number of halogens is 1. The van der Waals surface area contributed by atoms with Gasteiger partial charge in [0.05, 0.1) is 14.7 Å². The summed E-state index contributed by atoms with van der Waals surface area (Å²) in [4.78, 5) is 7.67. The fraction of sp³-hybridized carbons (Fsp3) is 0.300. The molecule has 0 bridgehead atoms. The Balaban J connectivity index is 2.61. The quantitative estimate of drug-likeness (QED) is 0.801. The van der Waals surface area contributed by atoms with Crippen LogP contribution in [-0.4, -0.2) is 9.97 Å². The van der Waals surface area contributed by atoms with Gasteiger partial charge < -0.3 is 4.98 Å². The highest BCUT2D eigenvalue weighted by molar-refractivity contribution is 14.1. The van der Waals surface area contributed by atoms with Crippen LogP contribution >= 0.6 is 22.6 Å². The highest BCUT2D eigenvalue weighted by atomic mass is 127. The third-order valence-corrected chi connectivity index (χ3v) is 2.70. The van der Waals surface area contributed by atoms with Gasteiger partial charge in [-0.3, -0.25) is 4.98 Å². The smallest absolute Gasteiger partial charge is 0.0890 e. The molecular formula is C10H11IN2. The maximum Gasteiger partial charge on any atom is 0.0890 e. The summed E-state index contributed by atoms with van der Waals surface area (Å²) in [5.74, 6) is 0.540. The molecule has 2 heterocycles. The van der Waals surface area contributed by atoms with Crippen LogP contribution in [0.1, 0.15) is 25.3 Å². The predicted octanol–water partition coefficient (Wildman–Crippen LogP) is 3.29. The van der Waals surface area contributed by atoms with E-state index in [-0.39, 0.29) is 0 Å². The van der Waals surface area contributed by atoms with E-state index in [2.05, 4.69) is 58.5 Å². The van der Waals surface area contributed by atoms with Crippen LogP contribution in [0.3, 0.4) is 0 Å². The molecule has 0 aromatic carbocycles. The third-order valence-electron chi connectivity index (χ3n) is 2.12. The predicted molar refractivity (Wildman–Crippen MR) is 62.9 cm³/mol. The summed E-state index contributed by atoms with van der Waals surface area (Å²) in [5, 5.41) is 0. The van der Waals surface area contributed by atoms with Gasteiger partial charge in [0.1, 0.15) is 0 Å². The normalized spacial score (nSPS) is 11.4. The van der Waals surface area contributed by atoms with Crippen LogP contribution in [0.5, 0.6) is 0 Å². The lowest BCUT2D eigenvalue weighted by molar-refractivity contribution is 0.861. The van der Waals surface area contributed by atoms with Crippen molar-refractivity contribution in [2.45, 2.75) is 19.8 Å². The minimum absolute atomic E-state index is 0.540. The topological polar surface area (TPSA) is 28.7 Å². The minimum atomic E-state index is 0.540. The van der Waals surface area contributed by atoms with E-state index < -0.39 is 0 Å². The van der Waals surface area contributed by atoms with Crippen molar-refractivity contribution in [1.82, 2.24) is 9.97 Å². The third kappa shape index (κ3) is 1.70. The van der Waals surface area contributed by atoms with E-state index in [0.29, 0.717) is 5.92 Å². The summed E-state index contributed by atoms with van der Waals surface area (Å²) in [6.07, 6.45) is 1.96. The molecule has 2 nitrogen and oxygen atoms in total. The van der Waals surface area contributed by atoms with Crippen LogP contribution in [0.4, 0.5) is 0 Å². The molecule has 3 heteroatoms. The number of pyridine rings is 1. The number of H-pyrrole nitrogens is 1. The second-order valence-corrected chi connectivity index (χ2v) is 4.64. The Hall–Kier alpha value is -0.580. The Morgan fingerprint density at radius 2 is 2.15 bits per heavy atom. The number of fused-ring (bicyclic) bond motifs is 1. The first-order valence-corrected chi connectivity index (χ1v) is 5.39. The molecule has 0 spiro atoms. The Bertz CT molecular complexity index is 431. The lowest BCUT2D eigenvalue weighted by Gasteiger charge is -2.03. The molecule has 0 amide bonds. The zero-order chi connectivity index (χ0) is 9.42. The minimum Gasteiger partial charge on any atom is -0.349 e. The number of nitrogens with one attached hydrogen (secondary N) is 1. The lowest BCUT2D eigenvalue weighted by atomic mass is 10.1.